The molecule has 5 rings (SSSR count). The minimum Gasteiger partial charge on any atom is -0.505 e. The highest BCUT2D eigenvalue weighted by Crippen LogP contribution is 2.37. The van der Waals surface area contributed by atoms with Crippen LogP contribution in [0.3, 0.4) is 0 Å². The van der Waals surface area contributed by atoms with Crippen LogP contribution >= 0.6 is 11.3 Å². The standard InChI is InChI=1S/C18H18N2O2.C11H15NO2S/c1-22-15-8-6-14(7-9-15)20-11-13-10-12-4-2-3-5-16(12)17(19)18(13)21;1-2-14-11(13)9-7-5-3-4-6-8(7)15-10(9)12/h2-10,20-21H,11,19H2,1H3;2-6,12H2,1H3. The minimum absolute atomic E-state index is 0.139. The van der Waals surface area contributed by atoms with Crippen LogP contribution < -0.4 is 21.5 Å². The van der Waals surface area contributed by atoms with E-state index in [0.29, 0.717) is 29.4 Å². The molecular formula is C29H33N3O4S. The van der Waals surface area contributed by atoms with E-state index in [0.717, 1.165) is 52.6 Å². The van der Waals surface area contributed by atoms with Crippen LogP contribution in [-0.4, -0.2) is 24.8 Å². The number of nitrogen functional groups attached to an aromatic ring is 2. The van der Waals surface area contributed by atoms with Gasteiger partial charge in [0.1, 0.15) is 16.5 Å². The maximum atomic E-state index is 11.7. The molecule has 1 aromatic heterocycles. The average molecular weight is 520 g/mol. The van der Waals surface area contributed by atoms with Crippen LogP contribution in [-0.2, 0) is 24.1 Å². The Morgan fingerprint density at radius 1 is 1.08 bits per heavy atom. The molecule has 1 aliphatic rings. The first-order valence-corrected chi connectivity index (χ1v) is 13.2. The third-order valence-electron chi connectivity index (χ3n) is 6.39. The Kier molecular flexibility index (Phi) is 8.40. The van der Waals surface area contributed by atoms with E-state index in [-0.39, 0.29) is 11.7 Å². The van der Waals surface area contributed by atoms with E-state index in [9.17, 15) is 9.90 Å². The highest BCUT2D eigenvalue weighted by molar-refractivity contribution is 7.16. The van der Waals surface area contributed by atoms with Gasteiger partial charge in [0.05, 0.1) is 25.0 Å². The van der Waals surface area contributed by atoms with Crippen molar-refractivity contribution in [3.63, 3.8) is 0 Å². The van der Waals surface area contributed by atoms with Crippen molar-refractivity contribution in [2.24, 2.45) is 0 Å². The Hall–Kier alpha value is -3.91. The topological polar surface area (TPSA) is 120 Å². The Bertz CT molecular complexity index is 1380. The number of aromatic hydroxyl groups is 1. The van der Waals surface area contributed by atoms with Crippen molar-refractivity contribution < 1.29 is 19.4 Å². The first kappa shape index (κ1) is 26.2. The number of carbonyl (C=O) groups excluding carboxylic acids is 1. The van der Waals surface area contributed by atoms with Crippen LogP contribution in [0.15, 0.2) is 54.6 Å². The number of phenolic OH excluding ortho intramolecular Hbond substituents is 1. The van der Waals surface area contributed by atoms with Crippen molar-refractivity contribution in [2.75, 3.05) is 30.5 Å². The number of hydrogen-bond donors (Lipinski definition) is 4. The number of methoxy groups -OCH3 is 1. The summed E-state index contributed by atoms with van der Waals surface area (Å²) in [4.78, 5) is 13.0. The molecule has 0 spiro atoms. The second-order valence-corrected chi connectivity index (χ2v) is 9.91. The van der Waals surface area contributed by atoms with Gasteiger partial charge in [0.25, 0.3) is 0 Å². The summed E-state index contributed by atoms with van der Waals surface area (Å²) in [6.45, 7) is 2.71. The lowest BCUT2D eigenvalue weighted by Crippen LogP contribution is -2.10. The number of nitrogens with one attached hydrogen (secondary N) is 1. The molecule has 0 saturated heterocycles. The molecule has 3 aromatic carbocycles. The van der Waals surface area contributed by atoms with Gasteiger partial charge in [-0.15, -0.1) is 11.3 Å². The average Bonchev–Trinajstić information content (AvgIpc) is 3.26. The van der Waals surface area contributed by atoms with Crippen LogP contribution in [0.5, 0.6) is 11.5 Å². The van der Waals surface area contributed by atoms with E-state index >= 15 is 0 Å². The number of aryl methyl sites for hydroxylation is 1. The zero-order valence-electron chi connectivity index (χ0n) is 21.2. The van der Waals surface area contributed by atoms with E-state index in [1.807, 2.05) is 61.5 Å². The van der Waals surface area contributed by atoms with E-state index in [4.69, 9.17) is 20.9 Å². The van der Waals surface area contributed by atoms with Gasteiger partial charge in [-0.3, -0.25) is 0 Å². The van der Waals surface area contributed by atoms with Gasteiger partial charge in [0.2, 0.25) is 0 Å². The highest BCUT2D eigenvalue weighted by atomic mass is 32.1. The van der Waals surface area contributed by atoms with E-state index in [1.54, 1.807) is 18.4 Å². The molecule has 0 radical (unpaired) electrons. The summed E-state index contributed by atoms with van der Waals surface area (Å²) in [6.07, 6.45) is 4.38. The zero-order chi connectivity index (χ0) is 26.4. The van der Waals surface area contributed by atoms with Crippen molar-refractivity contribution in [2.45, 2.75) is 39.2 Å². The number of anilines is 3. The molecule has 0 saturated carbocycles. The molecule has 0 bridgehead atoms. The number of fused-ring (bicyclic) bond motifs is 2. The molecule has 0 atom stereocenters. The largest absolute Gasteiger partial charge is 0.505 e. The molecule has 194 valence electrons. The molecule has 1 aliphatic carbocycles. The highest BCUT2D eigenvalue weighted by Gasteiger charge is 2.24. The maximum Gasteiger partial charge on any atom is 0.341 e. The number of nitrogens with two attached hydrogens (primary N) is 2. The fourth-order valence-electron chi connectivity index (χ4n) is 4.48. The van der Waals surface area contributed by atoms with E-state index in [2.05, 4.69) is 5.32 Å². The Morgan fingerprint density at radius 3 is 2.54 bits per heavy atom. The van der Waals surface area contributed by atoms with Gasteiger partial charge in [0, 0.05) is 28.1 Å². The van der Waals surface area contributed by atoms with Crippen LogP contribution in [0.25, 0.3) is 10.8 Å². The molecule has 0 amide bonds. The molecule has 0 unspecified atom stereocenters. The fraction of sp³-hybridized carbons (Fsp3) is 0.276. The van der Waals surface area contributed by atoms with Crippen LogP contribution in [0.1, 0.15) is 46.1 Å². The lowest BCUT2D eigenvalue weighted by Gasteiger charge is -2.12. The van der Waals surface area contributed by atoms with Gasteiger partial charge >= 0.3 is 5.97 Å². The number of ether oxygens (including phenoxy) is 2. The smallest absolute Gasteiger partial charge is 0.341 e. The predicted molar refractivity (Wildman–Crippen MR) is 152 cm³/mol. The fourth-order valence-corrected chi connectivity index (χ4v) is 5.63. The first-order chi connectivity index (χ1) is 17.9. The molecule has 0 aliphatic heterocycles. The summed E-state index contributed by atoms with van der Waals surface area (Å²) >= 11 is 1.55. The first-order valence-electron chi connectivity index (χ1n) is 12.4. The van der Waals surface area contributed by atoms with Crippen molar-refractivity contribution in [1.29, 1.82) is 0 Å². The van der Waals surface area contributed by atoms with Crippen molar-refractivity contribution >= 4 is 44.5 Å². The quantitative estimate of drug-likeness (QED) is 0.137. The maximum absolute atomic E-state index is 11.7. The molecular weight excluding hydrogens is 486 g/mol. The minimum atomic E-state index is -0.255. The molecule has 37 heavy (non-hydrogen) atoms. The molecule has 7 nitrogen and oxygen atoms in total. The Morgan fingerprint density at radius 2 is 1.81 bits per heavy atom. The van der Waals surface area contributed by atoms with Crippen LogP contribution in [0, 0.1) is 0 Å². The van der Waals surface area contributed by atoms with Gasteiger partial charge in [-0.1, -0.05) is 24.3 Å². The summed E-state index contributed by atoms with van der Waals surface area (Å²) in [7, 11) is 1.64. The van der Waals surface area contributed by atoms with Crippen molar-refractivity contribution in [1.82, 2.24) is 0 Å². The number of esters is 1. The number of phenols is 1. The van der Waals surface area contributed by atoms with Gasteiger partial charge in [-0.25, -0.2) is 4.79 Å². The van der Waals surface area contributed by atoms with Crippen LogP contribution in [0.2, 0.25) is 0 Å². The summed E-state index contributed by atoms with van der Waals surface area (Å²) in [5.74, 6) is 0.692. The van der Waals surface area contributed by atoms with Gasteiger partial charge in [-0.2, -0.15) is 0 Å². The van der Waals surface area contributed by atoms with E-state index < -0.39 is 0 Å². The molecule has 6 N–H and O–H groups in total. The normalized spacial score (nSPS) is 12.3. The van der Waals surface area contributed by atoms with Gasteiger partial charge in [-0.05, 0) is 73.9 Å². The third-order valence-corrected chi connectivity index (χ3v) is 7.51. The SMILES string of the molecule is CCOC(=O)c1c(N)sc2c1CCCC2.COc1ccc(NCc2cc3ccccc3c(N)c2O)cc1. The molecule has 8 heteroatoms. The third kappa shape index (κ3) is 5.91. The summed E-state index contributed by atoms with van der Waals surface area (Å²) in [5.41, 5.74) is 15.8. The lowest BCUT2D eigenvalue weighted by molar-refractivity contribution is 0.0526. The second-order valence-electron chi connectivity index (χ2n) is 8.77. The molecule has 1 heterocycles. The predicted octanol–water partition coefficient (Wildman–Crippen LogP) is 6.13. The number of benzene rings is 3. The lowest BCUT2D eigenvalue weighted by atomic mass is 9.95. The summed E-state index contributed by atoms with van der Waals surface area (Å²) < 4.78 is 10.2. The monoisotopic (exact) mass is 519 g/mol. The summed E-state index contributed by atoms with van der Waals surface area (Å²) in [6, 6.07) is 17.4. The van der Waals surface area contributed by atoms with Crippen molar-refractivity contribution in [3.8, 4) is 11.5 Å². The van der Waals surface area contributed by atoms with Gasteiger partial charge in [0.15, 0.2) is 0 Å². The number of carbonyl (C=O) groups is 1. The summed E-state index contributed by atoms with van der Waals surface area (Å²) in [5, 5.41) is 16.1. The number of rotatable bonds is 6. The Labute approximate surface area is 221 Å². The van der Waals surface area contributed by atoms with Crippen molar-refractivity contribution in [3.05, 3.63) is 76.2 Å². The zero-order valence-corrected chi connectivity index (χ0v) is 22.0. The van der Waals surface area contributed by atoms with E-state index in [1.165, 1.54) is 11.3 Å². The number of hydrogen-bond acceptors (Lipinski definition) is 8. The molecule has 0 fully saturated rings. The Balaban J connectivity index is 0.000000186. The number of thiophene rings is 1. The second kappa shape index (κ2) is 11.9. The van der Waals surface area contributed by atoms with Crippen LogP contribution in [0.4, 0.5) is 16.4 Å². The molecule has 4 aromatic rings. The van der Waals surface area contributed by atoms with Gasteiger partial charge < -0.3 is 31.4 Å².